The summed E-state index contributed by atoms with van der Waals surface area (Å²) in [5.41, 5.74) is -4.97. The number of halogens is 2. The van der Waals surface area contributed by atoms with Gasteiger partial charge in [-0.1, -0.05) is 25.1 Å². The van der Waals surface area contributed by atoms with Crippen molar-refractivity contribution in [2.24, 2.45) is 5.92 Å². The lowest BCUT2D eigenvalue weighted by molar-refractivity contribution is -0.151. The molecule has 14 heteroatoms. The van der Waals surface area contributed by atoms with Gasteiger partial charge in [0.2, 0.25) is 5.67 Å². The summed E-state index contributed by atoms with van der Waals surface area (Å²) in [5, 5.41) is 10.7. The van der Waals surface area contributed by atoms with Gasteiger partial charge in [0, 0.05) is 12.3 Å². The Labute approximate surface area is 217 Å². The van der Waals surface area contributed by atoms with E-state index in [0.29, 0.717) is 4.57 Å². The maximum Gasteiger partial charge on any atom is 0.380 e. The van der Waals surface area contributed by atoms with Crippen LogP contribution in [0, 0.1) is 5.92 Å². The number of para-hydroxylation sites is 1. The van der Waals surface area contributed by atoms with Gasteiger partial charge in [-0.2, -0.15) is 0 Å². The Morgan fingerprint density at radius 1 is 1.21 bits per heavy atom. The number of H-pyrrole nitrogens is 1. The van der Waals surface area contributed by atoms with E-state index in [0.717, 1.165) is 12.3 Å². The lowest BCUT2D eigenvalue weighted by Gasteiger charge is -2.29. The normalized spacial score (nSPS) is 26.5. The first-order valence-electron chi connectivity index (χ1n) is 11.9. The van der Waals surface area contributed by atoms with Crippen LogP contribution >= 0.6 is 7.60 Å². The van der Waals surface area contributed by atoms with Crippen LogP contribution in [-0.4, -0.2) is 63.5 Å². The number of hydrogen-bond acceptors (Lipinski definition) is 9. The second-order valence-electron chi connectivity index (χ2n) is 9.37. The summed E-state index contributed by atoms with van der Waals surface area (Å²) in [6.07, 6.45) is -7.09. The number of carbonyl (C=O) groups excluding carboxylic acids is 1. The predicted molar refractivity (Wildman–Crippen MR) is 132 cm³/mol. The van der Waals surface area contributed by atoms with Crippen LogP contribution in [0.2, 0.25) is 0 Å². The first kappa shape index (κ1) is 29.7. The second-order valence-corrected chi connectivity index (χ2v) is 11.4. The van der Waals surface area contributed by atoms with E-state index >= 15 is 4.39 Å². The molecular formula is C24H31F2N2O9P. The number of carbonyl (C=O) groups is 1. The molecule has 3 rings (SSSR count). The van der Waals surface area contributed by atoms with E-state index in [9.17, 15) is 28.4 Å². The highest BCUT2D eigenvalue weighted by atomic mass is 31.2. The van der Waals surface area contributed by atoms with Crippen LogP contribution in [0.15, 0.2) is 52.2 Å². The van der Waals surface area contributed by atoms with Gasteiger partial charge in [0.1, 0.15) is 24.6 Å². The Hall–Kier alpha value is -2.86. The summed E-state index contributed by atoms with van der Waals surface area (Å²) in [6, 6.07) is 8.86. The SMILES string of the molecule is CC(C)OC(=O)[C@H](C)C[P@@](=O)(Oc1ccccc1)O[C@@H](C)[C@H]1O[C@@H](n2ccc(=O)[nH]c2=O)C(F)(CF)[C@H]1O. The summed E-state index contributed by atoms with van der Waals surface area (Å²) in [5.74, 6) is -1.43. The number of hydrogen-bond donors (Lipinski definition) is 2. The maximum absolute atomic E-state index is 15.7. The van der Waals surface area contributed by atoms with Gasteiger partial charge in [-0.3, -0.25) is 23.7 Å². The van der Waals surface area contributed by atoms with Crippen molar-refractivity contribution < 1.29 is 41.8 Å². The van der Waals surface area contributed by atoms with Crippen molar-refractivity contribution in [3.8, 4) is 5.75 Å². The van der Waals surface area contributed by atoms with Crippen molar-refractivity contribution in [3.63, 3.8) is 0 Å². The van der Waals surface area contributed by atoms with E-state index in [1.54, 1.807) is 32.0 Å². The number of aliphatic hydroxyl groups excluding tert-OH is 1. The molecule has 1 aliphatic rings. The molecule has 1 aromatic carbocycles. The molecule has 1 aliphatic heterocycles. The minimum Gasteiger partial charge on any atom is -0.463 e. The van der Waals surface area contributed by atoms with E-state index in [1.165, 1.54) is 26.0 Å². The van der Waals surface area contributed by atoms with E-state index in [4.69, 9.17) is 18.5 Å². The topological polar surface area (TPSA) is 146 Å². The van der Waals surface area contributed by atoms with Crippen molar-refractivity contribution in [1.82, 2.24) is 9.55 Å². The van der Waals surface area contributed by atoms with Gasteiger partial charge in [0.25, 0.3) is 5.56 Å². The van der Waals surface area contributed by atoms with Gasteiger partial charge >= 0.3 is 19.3 Å². The maximum atomic E-state index is 15.7. The number of aromatic nitrogens is 2. The molecule has 11 nitrogen and oxygen atoms in total. The fourth-order valence-electron chi connectivity index (χ4n) is 3.99. The fraction of sp³-hybridized carbons (Fsp3) is 0.542. The molecule has 0 spiro atoms. The molecule has 0 radical (unpaired) electrons. The highest BCUT2D eigenvalue weighted by molar-refractivity contribution is 7.54. The molecule has 1 saturated heterocycles. The summed E-state index contributed by atoms with van der Waals surface area (Å²) in [7, 11) is -4.21. The standard InChI is InChI=1S/C24H31F2N2O9P/c1-14(2)34-21(31)15(3)12-38(33,37-17-8-6-5-7-9-17)36-16(4)19-20(30)24(26,13-25)22(35-19)28-11-10-18(29)27-23(28)32/h5-11,14-16,19-20,22,30H,12-13H2,1-4H3,(H,27,29,32)/t15-,16+,19-,20+,22-,24?,38+/m1/s1. The minimum absolute atomic E-state index is 0.154. The molecule has 2 N–H and O–H groups in total. The van der Waals surface area contributed by atoms with Gasteiger partial charge in [-0.25, -0.2) is 18.1 Å². The Bertz CT molecular complexity index is 1270. The zero-order valence-corrected chi connectivity index (χ0v) is 22.2. The molecule has 0 aliphatic carbocycles. The monoisotopic (exact) mass is 560 g/mol. The van der Waals surface area contributed by atoms with Crippen LogP contribution in [-0.2, 0) is 23.4 Å². The number of benzene rings is 1. The lowest BCUT2D eigenvalue weighted by atomic mass is 9.95. The number of ether oxygens (including phenoxy) is 2. The number of rotatable bonds is 11. The van der Waals surface area contributed by atoms with Gasteiger partial charge in [-0.15, -0.1) is 0 Å². The number of nitrogens with zero attached hydrogens (tertiary/aromatic N) is 1. The third kappa shape index (κ3) is 6.58. The first-order valence-corrected chi connectivity index (χ1v) is 13.6. The Kier molecular flexibility index (Phi) is 9.30. The quantitative estimate of drug-likeness (QED) is 0.313. The number of alkyl halides is 2. The molecule has 1 aromatic heterocycles. The number of aliphatic hydroxyl groups is 1. The third-order valence-electron chi connectivity index (χ3n) is 5.84. The van der Waals surface area contributed by atoms with E-state index in [1.807, 2.05) is 4.98 Å². The molecule has 2 aromatic rings. The second kappa shape index (κ2) is 11.9. The van der Waals surface area contributed by atoms with Gasteiger partial charge in [0.15, 0.2) is 6.23 Å². The van der Waals surface area contributed by atoms with E-state index < -0.39 is 79.9 Å². The third-order valence-corrected chi connectivity index (χ3v) is 7.97. The molecule has 1 fully saturated rings. The average Bonchev–Trinajstić information content (AvgIpc) is 3.10. The average molecular weight is 560 g/mol. The van der Waals surface area contributed by atoms with E-state index in [2.05, 4.69) is 0 Å². The van der Waals surface area contributed by atoms with Gasteiger partial charge in [-0.05, 0) is 32.9 Å². The fourth-order valence-corrected chi connectivity index (χ4v) is 6.09. The number of esters is 1. The highest BCUT2D eigenvalue weighted by Gasteiger charge is 2.61. The summed E-state index contributed by atoms with van der Waals surface area (Å²) in [6.45, 7) is 4.32. The van der Waals surface area contributed by atoms with Crippen molar-refractivity contribution in [2.75, 3.05) is 12.8 Å². The molecule has 210 valence electrons. The lowest BCUT2D eigenvalue weighted by Crippen LogP contribution is -2.48. The van der Waals surface area contributed by atoms with Crippen LogP contribution < -0.4 is 15.8 Å². The highest BCUT2D eigenvalue weighted by Crippen LogP contribution is 2.53. The molecule has 2 heterocycles. The molecule has 1 unspecified atom stereocenters. The zero-order valence-electron chi connectivity index (χ0n) is 21.3. The van der Waals surface area contributed by atoms with Crippen LogP contribution in [0.25, 0.3) is 0 Å². The van der Waals surface area contributed by atoms with Crippen LogP contribution in [0.3, 0.4) is 0 Å². The smallest absolute Gasteiger partial charge is 0.380 e. The van der Waals surface area contributed by atoms with E-state index in [-0.39, 0.29) is 5.75 Å². The van der Waals surface area contributed by atoms with Crippen molar-refractivity contribution >= 4 is 13.6 Å². The molecule has 0 bridgehead atoms. The Balaban J connectivity index is 1.89. The Morgan fingerprint density at radius 2 is 1.87 bits per heavy atom. The largest absolute Gasteiger partial charge is 0.463 e. The van der Waals surface area contributed by atoms with Crippen molar-refractivity contribution in [3.05, 3.63) is 63.4 Å². The summed E-state index contributed by atoms with van der Waals surface area (Å²) in [4.78, 5) is 37.9. The van der Waals surface area contributed by atoms with Crippen molar-refractivity contribution in [2.45, 2.75) is 64.0 Å². The number of nitrogens with one attached hydrogen (secondary N) is 1. The van der Waals surface area contributed by atoms with Gasteiger partial charge < -0.3 is 19.1 Å². The Morgan fingerprint density at radius 3 is 2.45 bits per heavy atom. The predicted octanol–water partition coefficient (Wildman–Crippen LogP) is 2.74. The van der Waals surface area contributed by atoms with Crippen LogP contribution in [0.1, 0.15) is 33.9 Å². The molecule has 0 saturated carbocycles. The van der Waals surface area contributed by atoms with Crippen molar-refractivity contribution in [1.29, 1.82) is 0 Å². The molecule has 0 amide bonds. The van der Waals surface area contributed by atoms with Crippen LogP contribution in [0.4, 0.5) is 8.78 Å². The summed E-state index contributed by atoms with van der Waals surface area (Å²) < 4.78 is 66.1. The number of aromatic amines is 1. The van der Waals surface area contributed by atoms with Gasteiger partial charge in [0.05, 0.1) is 24.3 Å². The molecule has 7 atom stereocenters. The molecular weight excluding hydrogens is 529 g/mol. The first-order chi connectivity index (χ1) is 17.8. The minimum atomic E-state index is -4.21. The van der Waals surface area contributed by atoms with Crippen LogP contribution in [0.5, 0.6) is 5.75 Å². The zero-order chi connectivity index (χ0) is 28.3. The molecule has 38 heavy (non-hydrogen) atoms. The summed E-state index contributed by atoms with van der Waals surface area (Å²) >= 11 is 0.